The molecule has 6 heteroatoms. The first-order chi connectivity index (χ1) is 16.1. The number of nitrogens with zero attached hydrogens (tertiary/aromatic N) is 4. The first kappa shape index (κ1) is 21.7. The molecule has 1 aliphatic heterocycles. The maximum absolute atomic E-state index is 13.7. The molecule has 1 aliphatic carbocycles. The van der Waals surface area contributed by atoms with Crippen LogP contribution < -0.4 is 5.69 Å². The lowest BCUT2D eigenvalue weighted by atomic mass is 9.88. The third-order valence-corrected chi connectivity index (χ3v) is 7.36. The quantitative estimate of drug-likeness (QED) is 0.592. The Bertz CT molecular complexity index is 1100. The first-order valence-corrected chi connectivity index (χ1v) is 12.2. The van der Waals surface area contributed by atoms with E-state index in [1.54, 1.807) is 7.05 Å². The van der Waals surface area contributed by atoms with E-state index < -0.39 is 0 Å². The van der Waals surface area contributed by atoms with Crippen molar-refractivity contribution < 1.29 is 4.79 Å². The summed E-state index contributed by atoms with van der Waals surface area (Å²) in [4.78, 5) is 28.5. The number of benzene rings is 2. The Balaban J connectivity index is 1.35. The van der Waals surface area contributed by atoms with Gasteiger partial charge in [0, 0.05) is 32.1 Å². The maximum Gasteiger partial charge on any atom is 0.345 e. The minimum absolute atomic E-state index is 0.00336. The van der Waals surface area contributed by atoms with Gasteiger partial charge in [-0.15, -0.1) is 0 Å². The Kier molecular flexibility index (Phi) is 6.16. The van der Waals surface area contributed by atoms with Crippen molar-refractivity contribution >= 4 is 5.91 Å². The summed E-state index contributed by atoms with van der Waals surface area (Å²) in [5.74, 6) is 0.996. The molecule has 0 atom stereocenters. The van der Waals surface area contributed by atoms with Crippen molar-refractivity contribution in [3.63, 3.8) is 0 Å². The zero-order valence-electron chi connectivity index (χ0n) is 19.3. The van der Waals surface area contributed by atoms with Crippen molar-refractivity contribution in [3.8, 4) is 0 Å². The number of piperidine rings is 1. The van der Waals surface area contributed by atoms with Crippen LogP contribution in [0.2, 0.25) is 0 Å². The van der Waals surface area contributed by atoms with E-state index in [2.05, 4.69) is 5.10 Å². The van der Waals surface area contributed by atoms with Crippen LogP contribution in [0.5, 0.6) is 0 Å². The fraction of sp³-hybridized carbons (Fsp3) is 0.444. The number of rotatable bonds is 5. The van der Waals surface area contributed by atoms with Crippen LogP contribution in [0.1, 0.15) is 73.4 Å². The number of hydrogen-bond donors (Lipinski definition) is 0. The van der Waals surface area contributed by atoms with Crippen molar-refractivity contribution in [3.05, 3.63) is 88.1 Å². The number of amides is 1. The molecule has 2 fully saturated rings. The lowest BCUT2D eigenvalue weighted by molar-refractivity contribution is -0.133. The normalized spacial score (nSPS) is 17.7. The second kappa shape index (κ2) is 9.38. The van der Waals surface area contributed by atoms with E-state index in [0.717, 1.165) is 42.6 Å². The van der Waals surface area contributed by atoms with Crippen LogP contribution >= 0.6 is 0 Å². The van der Waals surface area contributed by atoms with Crippen molar-refractivity contribution in [2.75, 3.05) is 13.1 Å². The third kappa shape index (κ3) is 4.26. The fourth-order valence-corrected chi connectivity index (χ4v) is 5.59. The van der Waals surface area contributed by atoms with Crippen LogP contribution in [0.4, 0.5) is 0 Å². The third-order valence-electron chi connectivity index (χ3n) is 7.36. The van der Waals surface area contributed by atoms with E-state index in [1.165, 1.54) is 17.5 Å². The molecule has 1 saturated carbocycles. The Morgan fingerprint density at radius 2 is 1.42 bits per heavy atom. The standard InChI is InChI=1S/C27H32N4O2/c1-29-27(33)31(23-14-8-9-15-23)25(28-29)22-16-18-30(19-17-22)26(32)24(20-10-4-2-5-11-20)21-12-6-3-7-13-21/h2-7,10-13,22-24H,8-9,14-19H2,1H3. The molecule has 0 spiro atoms. The molecule has 33 heavy (non-hydrogen) atoms. The summed E-state index contributed by atoms with van der Waals surface area (Å²) in [6, 6.07) is 20.4. The van der Waals surface area contributed by atoms with E-state index >= 15 is 0 Å². The number of carbonyl (C=O) groups excluding carboxylic acids is 1. The van der Waals surface area contributed by atoms with Crippen LogP contribution in [0.25, 0.3) is 0 Å². The Labute approximate surface area is 194 Å². The summed E-state index contributed by atoms with van der Waals surface area (Å²) in [6.07, 6.45) is 6.16. The Morgan fingerprint density at radius 3 is 1.97 bits per heavy atom. The van der Waals surface area contributed by atoms with Gasteiger partial charge in [0.15, 0.2) is 0 Å². The molecule has 0 unspecified atom stereocenters. The molecule has 5 rings (SSSR count). The highest BCUT2D eigenvalue weighted by atomic mass is 16.2. The SMILES string of the molecule is Cn1nc(C2CCN(C(=O)C(c3ccccc3)c3ccccc3)CC2)n(C2CCCC2)c1=O. The zero-order chi connectivity index (χ0) is 22.8. The predicted octanol–water partition coefficient (Wildman–Crippen LogP) is 4.24. The van der Waals surface area contributed by atoms with E-state index in [0.29, 0.717) is 13.1 Å². The molecule has 172 valence electrons. The molecule has 1 aromatic heterocycles. The van der Waals surface area contributed by atoms with Gasteiger partial charge in [0.25, 0.3) is 0 Å². The van der Waals surface area contributed by atoms with Gasteiger partial charge in [-0.1, -0.05) is 73.5 Å². The summed E-state index contributed by atoms with van der Waals surface area (Å²) in [6.45, 7) is 1.38. The topological polar surface area (TPSA) is 60.1 Å². The molecule has 1 amide bonds. The summed E-state index contributed by atoms with van der Waals surface area (Å²) in [5, 5.41) is 4.64. The van der Waals surface area contributed by atoms with Gasteiger partial charge >= 0.3 is 5.69 Å². The average molecular weight is 445 g/mol. The minimum Gasteiger partial charge on any atom is -0.342 e. The lowest BCUT2D eigenvalue weighted by Gasteiger charge is -2.34. The van der Waals surface area contributed by atoms with Gasteiger partial charge in [0.2, 0.25) is 5.91 Å². The summed E-state index contributed by atoms with van der Waals surface area (Å²) in [7, 11) is 1.75. The van der Waals surface area contributed by atoms with Gasteiger partial charge in [-0.05, 0) is 36.8 Å². The van der Waals surface area contributed by atoms with E-state index in [4.69, 9.17) is 0 Å². The van der Waals surface area contributed by atoms with Gasteiger partial charge in [0.1, 0.15) is 5.82 Å². The highest BCUT2D eigenvalue weighted by Crippen LogP contribution is 2.35. The molecule has 1 saturated heterocycles. The lowest BCUT2D eigenvalue weighted by Crippen LogP contribution is -2.41. The summed E-state index contributed by atoms with van der Waals surface area (Å²) < 4.78 is 3.46. The van der Waals surface area contributed by atoms with Gasteiger partial charge < -0.3 is 4.90 Å². The van der Waals surface area contributed by atoms with Crippen LogP contribution in [0, 0.1) is 0 Å². The maximum atomic E-state index is 13.7. The summed E-state index contributed by atoms with van der Waals surface area (Å²) >= 11 is 0. The fourth-order valence-electron chi connectivity index (χ4n) is 5.59. The highest BCUT2D eigenvalue weighted by molar-refractivity contribution is 5.87. The van der Waals surface area contributed by atoms with Crippen molar-refractivity contribution in [1.29, 1.82) is 0 Å². The second-order valence-electron chi connectivity index (χ2n) is 9.43. The van der Waals surface area contributed by atoms with Crippen LogP contribution in [0.15, 0.2) is 65.5 Å². The zero-order valence-corrected chi connectivity index (χ0v) is 19.3. The van der Waals surface area contributed by atoms with Gasteiger partial charge in [-0.3, -0.25) is 9.36 Å². The molecule has 0 radical (unpaired) electrons. The number of hydrogen-bond acceptors (Lipinski definition) is 3. The second-order valence-corrected chi connectivity index (χ2v) is 9.43. The predicted molar refractivity (Wildman–Crippen MR) is 128 cm³/mol. The molecular formula is C27H32N4O2. The van der Waals surface area contributed by atoms with Crippen LogP contribution in [-0.2, 0) is 11.8 Å². The first-order valence-electron chi connectivity index (χ1n) is 12.2. The van der Waals surface area contributed by atoms with Gasteiger partial charge in [0.05, 0.1) is 5.92 Å². The number of aromatic nitrogens is 3. The van der Waals surface area contributed by atoms with E-state index in [1.807, 2.05) is 70.1 Å². The largest absolute Gasteiger partial charge is 0.345 e. The monoisotopic (exact) mass is 444 g/mol. The average Bonchev–Trinajstić information content (AvgIpc) is 3.49. The number of carbonyl (C=O) groups is 1. The molecular weight excluding hydrogens is 412 g/mol. The molecule has 2 heterocycles. The van der Waals surface area contributed by atoms with E-state index in [-0.39, 0.29) is 29.5 Å². The van der Waals surface area contributed by atoms with Gasteiger partial charge in [-0.25, -0.2) is 9.48 Å². The molecule has 3 aromatic rings. The summed E-state index contributed by atoms with van der Waals surface area (Å²) in [5.41, 5.74) is 2.05. The van der Waals surface area contributed by atoms with Crippen LogP contribution in [-0.4, -0.2) is 38.2 Å². The molecule has 6 nitrogen and oxygen atoms in total. The van der Waals surface area contributed by atoms with Crippen molar-refractivity contribution in [2.45, 2.75) is 56.4 Å². The smallest absolute Gasteiger partial charge is 0.342 e. The number of aryl methyl sites for hydroxylation is 1. The number of likely N-dealkylation sites (tertiary alicyclic amines) is 1. The molecule has 2 aliphatic rings. The van der Waals surface area contributed by atoms with Crippen LogP contribution in [0.3, 0.4) is 0 Å². The van der Waals surface area contributed by atoms with Crippen molar-refractivity contribution in [1.82, 2.24) is 19.2 Å². The molecule has 2 aromatic carbocycles. The molecule has 0 N–H and O–H groups in total. The van der Waals surface area contributed by atoms with Crippen molar-refractivity contribution in [2.24, 2.45) is 7.05 Å². The molecule has 0 bridgehead atoms. The van der Waals surface area contributed by atoms with E-state index in [9.17, 15) is 9.59 Å². The Morgan fingerprint density at radius 1 is 0.879 bits per heavy atom. The minimum atomic E-state index is -0.296. The van der Waals surface area contributed by atoms with Gasteiger partial charge in [-0.2, -0.15) is 5.10 Å². The Hall–Kier alpha value is -3.15. The highest BCUT2D eigenvalue weighted by Gasteiger charge is 2.34.